The molecule has 0 saturated carbocycles. The van der Waals surface area contributed by atoms with Crippen LogP contribution in [-0.2, 0) is 0 Å². The van der Waals surface area contributed by atoms with Crippen molar-refractivity contribution in [3.8, 4) is 0 Å². The van der Waals surface area contributed by atoms with Gasteiger partial charge in [0.2, 0.25) is 0 Å². The van der Waals surface area contributed by atoms with Gasteiger partial charge >= 0.3 is 0 Å². The number of rotatable bonds is 7. The summed E-state index contributed by atoms with van der Waals surface area (Å²) in [7, 11) is 1.60. The molecule has 0 aromatic heterocycles. The SMILES string of the molecule is CN(CCCCCBr)C(=O)c1cc(F)cc([N+](=O)[O-])c1. The molecule has 1 aromatic carbocycles. The van der Waals surface area contributed by atoms with Crippen LogP contribution in [0.1, 0.15) is 29.6 Å². The number of non-ortho nitro benzene ring substituents is 1. The predicted octanol–water partition coefficient (Wildman–Crippen LogP) is 3.37. The molecular weight excluding hydrogens is 331 g/mol. The van der Waals surface area contributed by atoms with Crippen LogP contribution in [0.2, 0.25) is 0 Å². The van der Waals surface area contributed by atoms with E-state index in [9.17, 15) is 19.3 Å². The van der Waals surface area contributed by atoms with E-state index in [4.69, 9.17) is 0 Å². The van der Waals surface area contributed by atoms with E-state index in [1.165, 1.54) is 4.90 Å². The minimum absolute atomic E-state index is 0.000286. The largest absolute Gasteiger partial charge is 0.342 e. The molecule has 7 heteroatoms. The molecule has 110 valence electrons. The summed E-state index contributed by atoms with van der Waals surface area (Å²) in [6.45, 7) is 0.538. The van der Waals surface area contributed by atoms with Crippen molar-refractivity contribution in [3.05, 3.63) is 39.7 Å². The van der Waals surface area contributed by atoms with E-state index in [2.05, 4.69) is 15.9 Å². The van der Waals surface area contributed by atoms with Gasteiger partial charge in [-0.25, -0.2) is 4.39 Å². The smallest absolute Gasteiger partial charge is 0.273 e. The molecule has 0 N–H and O–H groups in total. The number of hydrogen-bond acceptors (Lipinski definition) is 3. The highest BCUT2D eigenvalue weighted by atomic mass is 79.9. The molecule has 20 heavy (non-hydrogen) atoms. The van der Waals surface area contributed by atoms with Crippen molar-refractivity contribution in [2.45, 2.75) is 19.3 Å². The van der Waals surface area contributed by atoms with E-state index in [0.717, 1.165) is 42.8 Å². The van der Waals surface area contributed by atoms with Crippen LogP contribution < -0.4 is 0 Å². The number of nitro groups is 1. The quantitative estimate of drug-likeness (QED) is 0.329. The lowest BCUT2D eigenvalue weighted by Gasteiger charge is -2.17. The minimum atomic E-state index is -0.782. The molecule has 0 heterocycles. The topological polar surface area (TPSA) is 63.5 Å². The van der Waals surface area contributed by atoms with Crippen molar-refractivity contribution in [1.82, 2.24) is 4.90 Å². The number of amides is 1. The first-order valence-corrected chi connectivity index (χ1v) is 7.34. The van der Waals surface area contributed by atoms with Gasteiger partial charge in [-0.3, -0.25) is 14.9 Å². The normalized spacial score (nSPS) is 10.3. The van der Waals surface area contributed by atoms with E-state index in [1.807, 2.05) is 0 Å². The number of nitrogens with zero attached hydrogens (tertiary/aromatic N) is 2. The molecule has 0 saturated heterocycles. The van der Waals surface area contributed by atoms with Crippen molar-refractivity contribution in [1.29, 1.82) is 0 Å². The predicted molar refractivity (Wildman–Crippen MR) is 77.7 cm³/mol. The Kier molecular flexibility index (Phi) is 6.57. The molecule has 5 nitrogen and oxygen atoms in total. The number of carbonyl (C=O) groups is 1. The molecule has 0 unspecified atom stereocenters. The number of nitro benzene ring substituents is 1. The summed E-state index contributed by atoms with van der Waals surface area (Å²) in [5.41, 5.74) is -0.416. The molecule has 0 aliphatic rings. The van der Waals surface area contributed by atoms with Crippen LogP contribution in [0.25, 0.3) is 0 Å². The zero-order valence-corrected chi connectivity index (χ0v) is 12.7. The summed E-state index contributed by atoms with van der Waals surface area (Å²) in [5.74, 6) is -1.19. The summed E-state index contributed by atoms with van der Waals surface area (Å²) in [6, 6.07) is 2.91. The maximum absolute atomic E-state index is 13.3. The zero-order chi connectivity index (χ0) is 15.1. The number of carbonyl (C=O) groups excluding carboxylic acids is 1. The maximum Gasteiger partial charge on any atom is 0.273 e. The van der Waals surface area contributed by atoms with Gasteiger partial charge in [-0.1, -0.05) is 22.4 Å². The van der Waals surface area contributed by atoms with E-state index in [1.54, 1.807) is 7.05 Å². The summed E-state index contributed by atoms with van der Waals surface area (Å²) in [5, 5.41) is 11.6. The highest BCUT2D eigenvalue weighted by Crippen LogP contribution is 2.17. The molecule has 0 aliphatic carbocycles. The lowest BCUT2D eigenvalue weighted by Crippen LogP contribution is -2.27. The molecule has 0 aliphatic heterocycles. The number of hydrogen-bond donors (Lipinski definition) is 0. The fourth-order valence-corrected chi connectivity index (χ4v) is 2.14. The standard InChI is InChI=1S/C13H16BrFN2O3/c1-16(6-4-2-3-5-14)13(18)10-7-11(15)9-12(8-10)17(19)20/h7-9H,2-6H2,1H3. The maximum atomic E-state index is 13.3. The van der Waals surface area contributed by atoms with Crippen LogP contribution in [0.5, 0.6) is 0 Å². The van der Waals surface area contributed by atoms with Gasteiger partial charge in [0.15, 0.2) is 0 Å². The van der Waals surface area contributed by atoms with Gasteiger partial charge in [0, 0.05) is 30.6 Å². The first-order valence-electron chi connectivity index (χ1n) is 6.22. The average Bonchev–Trinajstić information content (AvgIpc) is 2.41. The van der Waals surface area contributed by atoms with Crippen LogP contribution in [0.15, 0.2) is 18.2 Å². The third kappa shape index (κ3) is 4.88. The molecule has 1 aromatic rings. The highest BCUT2D eigenvalue weighted by molar-refractivity contribution is 9.09. The molecule has 0 radical (unpaired) electrons. The summed E-state index contributed by atoms with van der Waals surface area (Å²) >= 11 is 3.33. The second-order valence-electron chi connectivity index (χ2n) is 4.43. The third-order valence-corrected chi connectivity index (χ3v) is 3.37. The molecule has 0 atom stereocenters. The van der Waals surface area contributed by atoms with Crippen LogP contribution in [0.4, 0.5) is 10.1 Å². The zero-order valence-electron chi connectivity index (χ0n) is 11.1. The minimum Gasteiger partial charge on any atom is -0.342 e. The Labute approximate surface area is 125 Å². The summed E-state index contributed by atoms with van der Waals surface area (Å²) in [4.78, 5) is 23.5. The summed E-state index contributed by atoms with van der Waals surface area (Å²) < 4.78 is 13.3. The molecule has 0 bridgehead atoms. The number of halogens is 2. The lowest BCUT2D eigenvalue weighted by atomic mass is 10.1. The second-order valence-corrected chi connectivity index (χ2v) is 5.22. The van der Waals surface area contributed by atoms with Crippen LogP contribution >= 0.6 is 15.9 Å². The Morgan fingerprint density at radius 1 is 1.35 bits per heavy atom. The Hall–Kier alpha value is -1.50. The Bertz CT molecular complexity index is 497. The van der Waals surface area contributed by atoms with Crippen molar-refractivity contribution in [2.24, 2.45) is 0 Å². The summed E-state index contributed by atoms with van der Waals surface area (Å²) in [6.07, 6.45) is 2.84. The molecule has 0 fully saturated rings. The number of benzene rings is 1. The van der Waals surface area contributed by atoms with Gasteiger partial charge in [-0.15, -0.1) is 0 Å². The van der Waals surface area contributed by atoms with Gasteiger partial charge < -0.3 is 4.90 Å². The Morgan fingerprint density at radius 2 is 2.05 bits per heavy atom. The van der Waals surface area contributed by atoms with E-state index in [-0.39, 0.29) is 5.56 Å². The highest BCUT2D eigenvalue weighted by Gasteiger charge is 2.17. The molecular formula is C13H16BrFN2O3. The van der Waals surface area contributed by atoms with Gasteiger partial charge in [0.1, 0.15) is 5.82 Å². The Balaban J connectivity index is 2.73. The second kappa shape index (κ2) is 7.94. The number of unbranched alkanes of at least 4 members (excludes halogenated alkanes) is 2. The third-order valence-electron chi connectivity index (χ3n) is 2.81. The lowest BCUT2D eigenvalue weighted by molar-refractivity contribution is -0.385. The van der Waals surface area contributed by atoms with E-state index >= 15 is 0 Å². The van der Waals surface area contributed by atoms with Crippen LogP contribution in [0, 0.1) is 15.9 Å². The van der Waals surface area contributed by atoms with Gasteiger partial charge in [0.05, 0.1) is 11.0 Å². The fraction of sp³-hybridized carbons (Fsp3) is 0.462. The molecule has 0 spiro atoms. The van der Waals surface area contributed by atoms with Crippen LogP contribution in [0.3, 0.4) is 0 Å². The average molecular weight is 347 g/mol. The molecule has 1 rings (SSSR count). The van der Waals surface area contributed by atoms with Crippen molar-refractivity contribution < 1.29 is 14.1 Å². The molecule has 1 amide bonds. The van der Waals surface area contributed by atoms with E-state index in [0.29, 0.717) is 6.54 Å². The number of alkyl halides is 1. The van der Waals surface area contributed by atoms with Gasteiger partial charge in [-0.2, -0.15) is 0 Å². The van der Waals surface area contributed by atoms with Gasteiger partial charge in [0.25, 0.3) is 11.6 Å². The van der Waals surface area contributed by atoms with Crippen molar-refractivity contribution in [2.75, 3.05) is 18.9 Å². The van der Waals surface area contributed by atoms with E-state index < -0.39 is 22.3 Å². The fourth-order valence-electron chi connectivity index (χ4n) is 1.75. The monoisotopic (exact) mass is 346 g/mol. The first-order chi connectivity index (χ1) is 9.45. The Morgan fingerprint density at radius 3 is 2.65 bits per heavy atom. The van der Waals surface area contributed by atoms with Crippen LogP contribution in [-0.4, -0.2) is 34.7 Å². The van der Waals surface area contributed by atoms with Gasteiger partial charge in [-0.05, 0) is 18.9 Å². The van der Waals surface area contributed by atoms with Crippen molar-refractivity contribution >= 4 is 27.5 Å². The first kappa shape index (κ1) is 16.6. The van der Waals surface area contributed by atoms with Crippen molar-refractivity contribution in [3.63, 3.8) is 0 Å².